The van der Waals surface area contributed by atoms with E-state index >= 15 is 0 Å². The van der Waals surface area contributed by atoms with E-state index in [-0.39, 0.29) is 17.8 Å². The number of carbonyl (C=O) groups excluding carboxylic acids is 5. The number of esters is 4. The van der Waals surface area contributed by atoms with Crippen LogP contribution >= 0.6 is 0 Å². The Morgan fingerprint density at radius 3 is 1.71 bits per heavy atom. The maximum atomic E-state index is 13.5. The van der Waals surface area contributed by atoms with E-state index in [0.717, 1.165) is 103 Å². The molecule has 0 radical (unpaired) electrons. The van der Waals surface area contributed by atoms with Gasteiger partial charge in [0.25, 0.3) is 0 Å². The molecule has 0 heterocycles. The largest absolute Gasteiger partial charge is 0.490 e. The van der Waals surface area contributed by atoms with Crippen molar-refractivity contribution < 1.29 is 52.4 Å². The second-order valence-corrected chi connectivity index (χ2v) is 16.3. The predicted octanol–water partition coefficient (Wildman–Crippen LogP) is 12.1. The Morgan fingerprint density at radius 2 is 1.01 bits per heavy atom. The minimum Gasteiger partial charge on any atom is -0.490 e. The number of unbranched alkanes of at least 4 members (excludes halogenated alkanes) is 6. The third kappa shape index (κ3) is 15.0. The Kier molecular flexibility index (Phi) is 19.1. The number of ether oxygens (including phenoxy) is 6. The molecule has 0 unspecified atom stereocenters. The number of fused-ring (bicyclic) bond motifs is 2. The van der Waals surface area contributed by atoms with Gasteiger partial charge >= 0.3 is 23.9 Å². The highest BCUT2D eigenvalue weighted by Gasteiger charge is 2.18. The van der Waals surface area contributed by atoms with Crippen molar-refractivity contribution in [2.24, 2.45) is 0 Å². The third-order valence-electron chi connectivity index (χ3n) is 11.1. The summed E-state index contributed by atoms with van der Waals surface area (Å²) in [5, 5.41) is 3.60. The van der Waals surface area contributed by atoms with Gasteiger partial charge in [0.1, 0.15) is 11.5 Å². The van der Waals surface area contributed by atoms with Gasteiger partial charge in [-0.1, -0.05) is 87.2 Å². The Hall–Kier alpha value is -7.53. The fourth-order valence-corrected chi connectivity index (χ4v) is 7.51. The molecule has 0 atom stereocenters. The molecule has 0 amide bonds. The standard InChI is InChI=1S/C57H58O11/c1-4-17-46-34-40(35-50(58)45-23-21-41-18-11-12-19-42(41)36-45)20-28-51(46)68-57(62)47-24-22-44-38-49(27-25-43(44)37-47)67-56(61)48-26-29-52(63-30-13-7-9-15-32-65-54(59)5-2)53(39-48)64-31-14-8-10-16-33-66-55(60)6-3/h5-6,11-12,18-29,34,36-39H,2-4,7-10,13-17,30-33,35H2,1H3. The molecule has 0 fully saturated rings. The maximum absolute atomic E-state index is 13.5. The molecule has 0 aliphatic rings. The van der Waals surface area contributed by atoms with Gasteiger partial charge in [-0.3, -0.25) is 4.79 Å². The molecule has 352 valence electrons. The minimum atomic E-state index is -0.584. The SMILES string of the molecule is C=CC(=O)OCCCCCCOc1ccc(C(=O)Oc2ccc3cc(C(=O)Oc4ccc(CC(=O)c5ccc6ccccc6c5)cc4CCC)ccc3c2)cc1OCCCCCCOC(=O)C=C. The molecule has 0 saturated carbocycles. The summed E-state index contributed by atoms with van der Waals surface area (Å²) in [6.45, 7) is 10.3. The lowest BCUT2D eigenvalue weighted by molar-refractivity contribution is -0.138. The summed E-state index contributed by atoms with van der Waals surface area (Å²) in [5.41, 5.74) is 2.98. The first-order valence-corrected chi connectivity index (χ1v) is 23.2. The van der Waals surface area contributed by atoms with Gasteiger partial charge in [-0.15, -0.1) is 0 Å². The molecule has 0 saturated heterocycles. The quantitative estimate of drug-likeness (QED) is 0.0160. The molecule has 11 heteroatoms. The molecule has 0 aliphatic heterocycles. The molecule has 6 rings (SSSR count). The molecule has 68 heavy (non-hydrogen) atoms. The summed E-state index contributed by atoms with van der Waals surface area (Å²) in [6.07, 6.45) is 10.4. The maximum Gasteiger partial charge on any atom is 0.343 e. The fraction of sp³-hybridized carbons (Fsp3) is 0.281. The van der Waals surface area contributed by atoms with Crippen LogP contribution in [0.25, 0.3) is 21.5 Å². The van der Waals surface area contributed by atoms with E-state index in [2.05, 4.69) is 20.1 Å². The molecule has 0 aromatic heterocycles. The van der Waals surface area contributed by atoms with Gasteiger partial charge in [0, 0.05) is 24.1 Å². The van der Waals surface area contributed by atoms with Crippen LogP contribution in [0.2, 0.25) is 0 Å². The highest BCUT2D eigenvalue weighted by molar-refractivity contribution is 6.01. The molecule has 6 aromatic carbocycles. The minimum absolute atomic E-state index is 0.0148. The van der Waals surface area contributed by atoms with Crippen LogP contribution in [0.4, 0.5) is 0 Å². The summed E-state index contributed by atoms with van der Waals surface area (Å²) < 4.78 is 34.1. The summed E-state index contributed by atoms with van der Waals surface area (Å²) in [4.78, 5) is 62.8. The lowest BCUT2D eigenvalue weighted by Crippen LogP contribution is -2.11. The normalized spacial score (nSPS) is 10.8. The summed E-state index contributed by atoms with van der Waals surface area (Å²) in [5.74, 6) is -0.261. The molecule has 0 bridgehead atoms. The van der Waals surface area contributed by atoms with Crippen LogP contribution in [0.3, 0.4) is 0 Å². The molecular formula is C57H58O11. The van der Waals surface area contributed by atoms with Crippen molar-refractivity contribution in [3.8, 4) is 23.0 Å². The molecular weight excluding hydrogens is 861 g/mol. The topological polar surface area (TPSA) is 141 Å². The van der Waals surface area contributed by atoms with Crippen LogP contribution < -0.4 is 18.9 Å². The van der Waals surface area contributed by atoms with Gasteiger partial charge in [0.15, 0.2) is 17.3 Å². The number of hydrogen-bond donors (Lipinski definition) is 0. The average Bonchev–Trinajstić information content (AvgIpc) is 3.35. The molecule has 0 spiro atoms. The lowest BCUT2D eigenvalue weighted by atomic mass is 9.98. The first-order valence-electron chi connectivity index (χ1n) is 23.2. The second-order valence-electron chi connectivity index (χ2n) is 16.3. The van der Waals surface area contributed by atoms with E-state index in [0.29, 0.717) is 67.0 Å². The van der Waals surface area contributed by atoms with Crippen LogP contribution in [0, 0.1) is 0 Å². The number of hydrogen-bond acceptors (Lipinski definition) is 11. The van der Waals surface area contributed by atoms with Crippen LogP contribution in [0.1, 0.15) is 107 Å². The molecule has 11 nitrogen and oxygen atoms in total. The van der Waals surface area contributed by atoms with Crippen LogP contribution in [0.15, 0.2) is 141 Å². The van der Waals surface area contributed by atoms with E-state index in [1.807, 2.05) is 54.6 Å². The number of benzene rings is 6. The molecule has 0 aliphatic carbocycles. The summed E-state index contributed by atoms with van der Waals surface area (Å²) in [7, 11) is 0. The number of carbonyl (C=O) groups is 5. The van der Waals surface area contributed by atoms with Gasteiger partial charge in [-0.05, 0) is 145 Å². The Labute approximate surface area is 397 Å². The van der Waals surface area contributed by atoms with Crippen LogP contribution in [-0.4, -0.2) is 56.1 Å². The average molecular weight is 919 g/mol. The molecule has 0 N–H and O–H groups in total. The van der Waals surface area contributed by atoms with Crippen molar-refractivity contribution in [3.05, 3.63) is 168 Å². The van der Waals surface area contributed by atoms with E-state index < -0.39 is 23.9 Å². The van der Waals surface area contributed by atoms with Gasteiger partial charge in [0.2, 0.25) is 0 Å². The van der Waals surface area contributed by atoms with Crippen molar-refractivity contribution in [1.82, 2.24) is 0 Å². The van der Waals surface area contributed by atoms with Crippen LogP contribution in [-0.2, 0) is 31.9 Å². The van der Waals surface area contributed by atoms with E-state index in [1.54, 1.807) is 60.7 Å². The van der Waals surface area contributed by atoms with Gasteiger partial charge in [-0.25, -0.2) is 19.2 Å². The first kappa shape index (κ1) is 49.9. The third-order valence-corrected chi connectivity index (χ3v) is 11.1. The predicted molar refractivity (Wildman–Crippen MR) is 263 cm³/mol. The number of rotatable bonds is 27. The van der Waals surface area contributed by atoms with E-state index in [9.17, 15) is 24.0 Å². The Balaban J connectivity index is 1.05. The van der Waals surface area contributed by atoms with Crippen molar-refractivity contribution in [3.63, 3.8) is 0 Å². The Morgan fingerprint density at radius 1 is 0.485 bits per heavy atom. The highest BCUT2D eigenvalue weighted by Crippen LogP contribution is 2.31. The van der Waals surface area contributed by atoms with E-state index in [4.69, 9.17) is 28.4 Å². The Bertz CT molecular complexity index is 2730. The fourth-order valence-electron chi connectivity index (χ4n) is 7.51. The highest BCUT2D eigenvalue weighted by atomic mass is 16.5. The zero-order valence-electron chi connectivity index (χ0n) is 38.6. The number of Topliss-reactive ketones (excluding diaryl/α,β-unsaturated/α-hetero) is 1. The smallest absolute Gasteiger partial charge is 0.343 e. The van der Waals surface area contributed by atoms with Gasteiger partial charge in [-0.2, -0.15) is 0 Å². The lowest BCUT2D eigenvalue weighted by Gasteiger charge is -2.14. The molecule has 6 aromatic rings. The van der Waals surface area contributed by atoms with Crippen LogP contribution in [0.5, 0.6) is 23.0 Å². The van der Waals surface area contributed by atoms with Gasteiger partial charge in [0.05, 0.1) is 37.6 Å². The summed E-state index contributed by atoms with van der Waals surface area (Å²) in [6, 6.07) is 34.6. The second kappa shape index (κ2) is 26.0. The van der Waals surface area contributed by atoms with Gasteiger partial charge < -0.3 is 28.4 Å². The first-order chi connectivity index (χ1) is 33.1. The monoisotopic (exact) mass is 918 g/mol. The van der Waals surface area contributed by atoms with E-state index in [1.165, 1.54) is 0 Å². The zero-order valence-corrected chi connectivity index (χ0v) is 38.6. The van der Waals surface area contributed by atoms with Crippen molar-refractivity contribution in [1.29, 1.82) is 0 Å². The van der Waals surface area contributed by atoms with Crippen molar-refractivity contribution in [2.75, 3.05) is 26.4 Å². The number of aryl methyl sites for hydroxylation is 1. The number of ketones is 1. The zero-order chi connectivity index (χ0) is 48.1. The summed E-state index contributed by atoms with van der Waals surface area (Å²) >= 11 is 0. The van der Waals surface area contributed by atoms with Crippen molar-refractivity contribution >= 4 is 51.2 Å². The van der Waals surface area contributed by atoms with Crippen molar-refractivity contribution in [2.45, 2.75) is 77.6 Å².